The molecule has 1 aromatic heterocycles. The van der Waals surface area contributed by atoms with Gasteiger partial charge < -0.3 is 10.5 Å². The molecule has 0 spiro atoms. The lowest BCUT2D eigenvalue weighted by molar-refractivity contribution is -0.136. The number of hydrogen-bond acceptors (Lipinski definition) is 5. The first-order chi connectivity index (χ1) is 11.4. The maximum Gasteiger partial charge on any atom is 0.272 e. The third-order valence-corrected chi connectivity index (χ3v) is 3.91. The smallest absolute Gasteiger partial charge is 0.272 e. The van der Waals surface area contributed by atoms with Gasteiger partial charge in [0.25, 0.3) is 5.91 Å². The van der Waals surface area contributed by atoms with Crippen LogP contribution in [0.4, 0.5) is 10.2 Å². The van der Waals surface area contributed by atoms with Gasteiger partial charge in [-0.1, -0.05) is 23.7 Å². The molecule has 2 N–H and O–H groups in total. The molecule has 7 nitrogen and oxygen atoms in total. The maximum atomic E-state index is 13.3. The number of aromatic nitrogens is 2. The lowest BCUT2D eigenvalue weighted by atomic mass is 9.91. The van der Waals surface area contributed by atoms with E-state index in [0.29, 0.717) is 5.56 Å². The number of primary amides is 1. The Balaban J connectivity index is 2.26. The molecule has 1 atom stereocenters. The van der Waals surface area contributed by atoms with Gasteiger partial charge in [0.05, 0.1) is 6.20 Å². The van der Waals surface area contributed by atoms with Crippen molar-refractivity contribution in [2.75, 3.05) is 18.6 Å². The number of anilines is 1. The molecule has 1 aliphatic rings. The van der Waals surface area contributed by atoms with E-state index in [4.69, 9.17) is 22.1 Å². The molecule has 0 unspecified atom stereocenters. The number of nitrogens with zero attached hydrogens (tertiary/aromatic N) is 3. The largest absolute Gasteiger partial charge is 0.368 e. The minimum Gasteiger partial charge on any atom is -0.368 e. The van der Waals surface area contributed by atoms with Crippen LogP contribution in [0.1, 0.15) is 11.3 Å². The standard InChI is InChI=1S/C15H12ClFN4O3/c1-24-15(8-2-4-9(17)5-3-8)12-13(19-6-10(16)20-12)21(14(15)23)7-11(18)22/h2-6H,7H2,1H3,(H2,18,22)/t15-/m0/s1. The summed E-state index contributed by atoms with van der Waals surface area (Å²) in [7, 11) is 1.31. The van der Waals surface area contributed by atoms with Gasteiger partial charge in [0, 0.05) is 7.11 Å². The van der Waals surface area contributed by atoms with Gasteiger partial charge in [-0.2, -0.15) is 0 Å². The third-order valence-electron chi connectivity index (χ3n) is 3.73. The molecule has 3 rings (SSSR count). The van der Waals surface area contributed by atoms with E-state index in [-0.39, 0.29) is 16.7 Å². The van der Waals surface area contributed by atoms with E-state index in [0.717, 1.165) is 4.90 Å². The molecule has 0 aliphatic carbocycles. The van der Waals surface area contributed by atoms with Crippen molar-refractivity contribution in [1.29, 1.82) is 0 Å². The van der Waals surface area contributed by atoms with Gasteiger partial charge >= 0.3 is 0 Å². The van der Waals surface area contributed by atoms with Crippen molar-refractivity contribution in [1.82, 2.24) is 9.97 Å². The molecule has 2 amide bonds. The molecule has 2 aromatic rings. The van der Waals surface area contributed by atoms with Crippen LogP contribution in [0.2, 0.25) is 5.15 Å². The van der Waals surface area contributed by atoms with Crippen LogP contribution < -0.4 is 10.6 Å². The van der Waals surface area contributed by atoms with Crippen LogP contribution in [0.25, 0.3) is 0 Å². The predicted octanol–water partition coefficient (Wildman–Crippen LogP) is 0.991. The predicted molar refractivity (Wildman–Crippen MR) is 82.8 cm³/mol. The van der Waals surface area contributed by atoms with E-state index < -0.39 is 29.8 Å². The number of nitrogens with two attached hydrogens (primary N) is 1. The molecular weight excluding hydrogens is 339 g/mol. The van der Waals surface area contributed by atoms with Crippen molar-refractivity contribution >= 4 is 29.2 Å². The van der Waals surface area contributed by atoms with Crippen LogP contribution in [-0.4, -0.2) is 35.4 Å². The van der Waals surface area contributed by atoms with Crippen molar-refractivity contribution in [2.45, 2.75) is 5.60 Å². The van der Waals surface area contributed by atoms with Crippen LogP contribution in [0.15, 0.2) is 30.5 Å². The van der Waals surface area contributed by atoms with Gasteiger partial charge in [0.2, 0.25) is 11.5 Å². The van der Waals surface area contributed by atoms with Crippen molar-refractivity contribution in [3.8, 4) is 0 Å². The number of halogens is 2. The summed E-state index contributed by atoms with van der Waals surface area (Å²) in [6, 6.07) is 5.18. The van der Waals surface area contributed by atoms with E-state index in [1.807, 2.05) is 0 Å². The average molecular weight is 351 g/mol. The van der Waals surface area contributed by atoms with Crippen LogP contribution in [-0.2, 0) is 19.9 Å². The van der Waals surface area contributed by atoms with Crippen molar-refractivity contribution in [3.63, 3.8) is 0 Å². The topological polar surface area (TPSA) is 98.4 Å². The Bertz CT molecular complexity index is 830. The van der Waals surface area contributed by atoms with E-state index in [9.17, 15) is 14.0 Å². The number of rotatable bonds is 4. The Morgan fingerprint density at radius 1 is 1.42 bits per heavy atom. The van der Waals surface area contributed by atoms with Crippen molar-refractivity contribution in [2.24, 2.45) is 5.73 Å². The molecular formula is C15H12ClFN4O3. The minimum absolute atomic E-state index is 0.0472. The van der Waals surface area contributed by atoms with Gasteiger partial charge in [0.1, 0.15) is 23.2 Å². The number of hydrogen-bond donors (Lipinski definition) is 1. The summed E-state index contributed by atoms with van der Waals surface area (Å²) >= 11 is 5.91. The van der Waals surface area contributed by atoms with Crippen LogP contribution in [0.5, 0.6) is 0 Å². The number of ether oxygens (including phenoxy) is 1. The van der Waals surface area contributed by atoms with E-state index in [1.54, 1.807) is 0 Å². The Hall–Kier alpha value is -2.58. The summed E-state index contributed by atoms with van der Waals surface area (Å²) in [5.41, 5.74) is 3.98. The molecule has 1 aromatic carbocycles. The van der Waals surface area contributed by atoms with Gasteiger partial charge in [-0.15, -0.1) is 0 Å². The van der Waals surface area contributed by atoms with Crippen molar-refractivity contribution in [3.05, 3.63) is 52.7 Å². The van der Waals surface area contributed by atoms with Gasteiger partial charge in [0.15, 0.2) is 5.82 Å². The van der Waals surface area contributed by atoms with Gasteiger partial charge in [-0.05, 0) is 17.7 Å². The fourth-order valence-electron chi connectivity index (χ4n) is 2.73. The van der Waals surface area contributed by atoms with Crippen LogP contribution in [0, 0.1) is 5.82 Å². The summed E-state index contributed by atoms with van der Waals surface area (Å²) in [6.07, 6.45) is 1.25. The summed E-state index contributed by atoms with van der Waals surface area (Å²) in [4.78, 5) is 33.7. The number of carbonyl (C=O) groups is 2. The van der Waals surface area contributed by atoms with Crippen LogP contribution >= 0.6 is 11.6 Å². The maximum absolute atomic E-state index is 13.3. The first-order valence-electron chi connectivity index (χ1n) is 6.84. The Labute approximate surface area is 141 Å². The SMILES string of the molecule is CO[C@]1(c2ccc(F)cc2)C(=O)N(CC(N)=O)c2ncc(Cl)nc21. The number of benzene rings is 1. The normalized spacial score (nSPS) is 19.5. The first-order valence-corrected chi connectivity index (χ1v) is 7.22. The quantitative estimate of drug-likeness (QED) is 0.886. The second-order valence-electron chi connectivity index (χ2n) is 5.11. The van der Waals surface area contributed by atoms with Crippen molar-refractivity contribution < 1.29 is 18.7 Å². The molecule has 9 heteroatoms. The monoisotopic (exact) mass is 350 g/mol. The second-order valence-corrected chi connectivity index (χ2v) is 5.50. The van der Waals surface area contributed by atoms with Gasteiger partial charge in [-0.25, -0.2) is 14.4 Å². The Kier molecular flexibility index (Phi) is 3.94. The molecule has 24 heavy (non-hydrogen) atoms. The molecule has 1 aliphatic heterocycles. The molecule has 124 valence electrons. The zero-order valence-electron chi connectivity index (χ0n) is 12.5. The highest BCUT2D eigenvalue weighted by atomic mass is 35.5. The minimum atomic E-state index is -1.68. The molecule has 0 saturated carbocycles. The lowest BCUT2D eigenvalue weighted by Crippen LogP contribution is -2.45. The second kappa shape index (κ2) is 5.81. The number of carbonyl (C=O) groups excluding carboxylic acids is 2. The zero-order chi connectivity index (χ0) is 17.5. The third kappa shape index (κ3) is 2.31. The average Bonchev–Trinajstić information content (AvgIpc) is 2.77. The number of methoxy groups -OCH3 is 1. The number of amides is 2. The number of fused-ring (bicyclic) bond motifs is 1. The summed E-state index contributed by atoms with van der Waals surface area (Å²) in [6.45, 7) is -0.394. The zero-order valence-corrected chi connectivity index (χ0v) is 13.2. The lowest BCUT2D eigenvalue weighted by Gasteiger charge is -2.26. The molecule has 2 heterocycles. The fourth-order valence-corrected chi connectivity index (χ4v) is 2.86. The highest BCUT2D eigenvalue weighted by Crippen LogP contribution is 2.44. The first kappa shape index (κ1) is 16.3. The molecule has 0 saturated heterocycles. The molecule has 0 fully saturated rings. The van der Waals surface area contributed by atoms with E-state index >= 15 is 0 Å². The van der Waals surface area contributed by atoms with Crippen LogP contribution in [0.3, 0.4) is 0 Å². The van der Waals surface area contributed by atoms with Gasteiger partial charge in [-0.3, -0.25) is 14.5 Å². The van der Waals surface area contributed by atoms with E-state index in [2.05, 4.69) is 9.97 Å². The summed E-state index contributed by atoms with van der Waals surface area (Å²) in [5.74, 6) is -1.68. The summed E-state index contributed by atoms with van der Waals surface area (Å²) < 4.78 is 18.8. The highest BCUT2D eigenvalue weighted by Gasteiger charge is 2.55. The Morgan fingerprint density at radius 2 is 2.08 bits per heavy atom. The molecule has 0 bridgehead atoms. The molecule has 0 radical (unpaired) electrons. The van der Waals surface area contributed by atoms with E-state index in [1.165, 1.54) is 37.6 Å². The summed E-state index contributed by atoms with van der Waals surface area (Å²) in [5, 5.41) is 0.0472. The highest BCUT2D eigenvalue weighted by molar-refractivity contribution is 6.29. The Morgan fingerprint density at radius 3 is 2.67 bits per heavy atom. The fraction of sp³-hybridized carbons (Fsp3) is 0.200.